The Morgan fingerprint density at radius 1 is 0.903 bits per heavy atom. The number of hydrogen-bond acceptors (Lipinski definition) is 6. The first-order valence-corrected chi connectivity index (χ1v) is 10.5. The topological polar surface area (TPSA) is 68.3 Å². The second-order valence-electron chi connectivity index (χ2n) is 7.73. The molecule has 0 aliphatic carbocycles. The summed E-state index contributed by atoms with van der Waals surface area (Å²) in [7, 11) is 1.51. The molecular formula is C24H30N2O5. The van der Waals surface area contributed by atoms with E-state index in [2.05, 4.69) is 17.0 Å². The van der Waals surface area contributed by atoms with Crippen molar-refractivity contribution in [3.8, 4) is 11.5 Å². The second kappa shape index (κ2) is 10.2. The molecular weight excluding hydrogens is 396 g/mol. The van der Waals surface area contributed by atoms with E-state index in [-0.39, 0.29) is 12.0 Å². The Morgan fingerprint density at radius 3 is 2.19 bits per heavy atom. The van der Waals surface area contributed by atoms with Crippen LogP contribution in [0.3, 0.4) is 0 Å². The summed E-state index contributed by atoms with van der Waals surface area (Å²) in [5.74, 6) is 0.236. The van der Waals surface area contributed by atoms with E-state index in [1.54, 1.807) is 30.0 Å². The molecule has 0 spiro atoms. The number of carbonyl (C=O) groups excluding carboxylic acids is 2. The SMILES string of the molecule is COc1cc(C(=O)O[C@@H](C)C(=O)N2CCN(c3ccccc3)CC2)ccc1OC(C)C. The Kier molecular flexibility index (Phi) is 7.39. The molecule has 1 aliphatic heterocycles. The molecule has 0 unspecified atom stereocenters. The van der Waals surface area contributed by atoms with Gasteiger partial charge >= 0.3 is 5.97 Å². The first-order chi connectivity index (χ1) is 14.9. The molecule has 3 rings (SSSR count). The highest BCUT2D eigenvalue weighted by atomic mass is 16.5. The number of rotatable bonds is 7. The molecule has 1 atom stereocenters. The predicted octanol–water partition coefficient (Wildman–Crippen LogP) is 3.38. The molecule has 0 N–H and O–H groups in total. The van der Waals surface area contributed by atoms with Crippen molar-refractivity contribution >= 4 is 17.6 Å². The van der Waals surface area contributed by atoms with Gasteiger partial charge < -0.3 is 24.0 Å². The molecule has 1 amide bonds. The Balaban J connectivity index is 1.56. The highest BCUT2D eigenvalue weighted by molar-refractivity contribution is 5.93. The van der Waals surface area contributed by atoms with Crippen LogP contribution < -0.4 is 14.4 Å². The van der Waals surface area contributed by atoms with Gasteiger partial charge in [0.25, 0.3) is 5.91 Å². The number of piperazine rings is 1. The average Bonchev–Trinajstić information content (AvgIpc) is 2.79. The minimum absolute atomic E-state index is 0.0216. The van der Waals surface area contributed by atoms with Crippen molar-refractivity contribution < 1.29 is 23.8 Å². The largest absolute Gasteiger partial charge is 0.493 e. The van der Waals surface area contributed by atoms with Crippen molar-refractivity contribution in [3.63, 3.8) is 0 Å². The Bertz CT molecular complexity index is 892. The zero-order chi connectivity index (χ0) is 22.4. The van der Waals surface area contributed by atoms with Crippen LogP contribution in [0.15, 0.2) is 48.5 Å². The molecule has 7 nitrogen and oxygen atoms in total. The summed E-state index contributed by atoms with van der Waals surface area (Å²) in [6, 6.07) is 15.0. The van der Waals surface area contributed by atoms with E-state index >= 15 is 0 Å². The number of esters is 1. The first kappa shape index (κ1) is 22.5. The van der Waals surface area contributed by atoms with Crippen molar-refractivity contribution in [2.45, 2.75) is 33.0 Å². The summed E-state index contributed by atoms with van der Waals surface area (Å²) in [5, 5.41) is 0. The lowest BCUT2D eigenvalue weighted by atomic mass is 10.2. The van der Waals surface area contributed by atoms with Gasteiger partial charge in [-0.1, -0.05) is 18.2 Å². The van der Waals surface area contributed by atoms with Gasteiger partial charge in [-0.25, -0.2) is 4.79 Å². The average molecular weight is 427 g/mol. The fourth-order valence-corrected chi connectivity index (χ4v) is 3.51. The van der Waals surface area contributed by atoms with Crippen molar-refractivity contribution in [2.75, 3.05) is 38.2 Å². The molecule has 166 valence electrons. The van der Waals surface area contributed by atoms with Crippen LogP contribution in [0.5, 0.6) is 11.5 Å². The van der Waals surface area contributed by atoms with E-state index < -0.39 is 12.1 Å². The van der Waals surface area contributed by atoms with Crippen LogP contribution in [0.4, 0.5) is 5.69 Å². The van der Waals surface area contributed by atoms with Crippen LogP contribution in [-0.4, -0.2) is 62.3 Å². The molecule has 0 radical (unpaired) electrons. The minimum Gasteiger partial charge on any atom is -0.493 e. The molecule has 0 saturated carbocycles. The van der Waals surface area contributed by atoms with Gasteiger partial charge in [-0.3, -0.25) is 4.79 Å². The van der Waals surface area contributed by atoms with Crippen LogP contribution in [0, 0.1) is 0 Å². The number of ether oxygens (including phenoxy) is 3. The number of hydrogen-bond donors (Lipinski definition) is 0. The maximum atomic E-state index is 12.8. The number of amides is 1. The Morgan fingerprint density at radius 2 is 1.58 bits per heavy atom. The van der Waals surface area contributed by atoms with E-state index in [0.29, 0.717) is 30.2 Å². The fourth-order valence-electron chi connectivity index (χ4n) is 3.51. The zero-order valence-electron chi connectivity index (χ0n) is 18.5. The van der Waals surface area contributed by atoms with Gasteiger partial charge in [0.1, 0.15) is 0 Å². The lowest BCUT2D eigenvalue weighted by molar-refractivity contribution is -0.140. The third-order valence-electron chi connectivity index (χ3n) is 5.11. The monoisotopic (exact) mass is 426 g/mol. The van der Waals surface area contributed by atoms with E-state index in [1.165, 1.54) is 7.11 Å². The molecule has 31 heavy (non-hydrogen) atoms. The molecule has 2 aromatic carbocycles. The van der Waals surface area contributed by atoms with Crippen LogP contribution >= 0.6 is 0 Å². The zero-order valence-corrected chi connectivity index (χ0v) is 18.5. The third kappa shape index (κ3) is 5.69. The van der Waals surface area contributed by atoms with Crippen LogP contribution in [-0.2, 0) is 9.53 Å². The molecule has 0 aromatic heterocycles. The van der Waals surface area contributed by atoms with Gasteiger partial charge in [-0.15, -0.1) is 0 Å². The van der Waals surface area contributed by atoms with Gasteiger partial charge in [0.05, 0.1) is 18.8 Å². The van der Waals surface area contributed by atoms with Gasteiger partial charge in [-0.05, 0) is 51.1 Å². The van der Waals surface area contributed by atoms with Gasteiger partial charge in [0, 0.05) is 31.9 Å². The first-order valence-electron chi connectivity index (χ1n) is 10.5. The molecule has 7 heteroatoms. The number of carbonyl (C=O) groups is 2. The van der Waals surface area contributed by atoms with Gasteiger partial charge in [-0.2, -0.15) is 0 Å². The summed E-state index contributed by atoms with van der Waals surface area (Å²) in [6.45, 7) is 8.09. The number of benzene rings is 2. The molecule has 1 aliphatic rings. The number of para-hydroxylation sites is 1. The lowest BCUT2D eigenvalue weighted by Crippen LogP contribution is -2.51. The molecule has 1 heterocycles. The van der Waals surface area contributed by atoms with Crippen molar-refractivity contribution in [2.24, 2.45) is 0 Å². The van der Waals surface area contributed by atoms with E-state index in [9.17, 15) is 9.59 Å². The van der Waals surface area contributed by atoms with Crippen LogP contribution in [0.25, 0.3) is 0 Å². The number of nitrogens with zero attached hydrogens (tertiary/aromatic N) is 2. The predicted molar refractivity (Wildman–Crippen MR) is 119 cm³/mol. The maximum absolute atomic E-state index is 12.8. The summed E-state index contributed by atoms with van der Waals surface area (Å²) in [4.78, 5) is 29.4. The molecule has 0 bridgehead atoms. The summed E-state index contributed by atoms with van der Waals surface area (Å²) in [6.07, 6.45) is -0.889. The quantitative estimate of drug-likeness (QED) is 0.633. The Labute approximate surface area is 183 Å². The number of methoxy groups -OCH3 is 1. The standard InChI is InChI=1S/C24H30N2O5/c1-17(2)30-21-11-10-19(16-22(21)29-4)24(28)31-18(3)23(27)26-14-12-25(13-15-26)20-8-6-5-7-9-20/h5-11,16-18H,12-15H2,1-4H3/t18-/m0/s1. The molecule has 1 saturated heterocycles. The maximum Gasteiger partial charge on any atom is 0.339 e. The summed E-state index contributed by atoms with van der Waals surface area (Å²) < 4.78 is 16.4. The summed E-state index contributed by atoms with van der Waals surface area (Å²) in [5.41, 5.74) is 1.45. The van der Waals surface area contributed by atoms with Crippen molar-refractivity contribution in [3.05, 3.63) is 54.1 Å². The van der Waals surface area contributed by atoms with Crippen molar-refractivity contribution in [1.29, 1.82) is 0 Å². The van der Waals surface area contributed by atoms with Crippen LogP contribution in [0.1, 0.15) is 31.1 Å². The lowest BCUT2D eigenvalue weighted by Gasteiger charge is -2.37. The van der Waals surface area contributed by atoms with Gasteiger partial charge in [0.15, 0.2) is 17.6 Å². The molecule has 1 fully saturated rings. The fraction of sp³-hybridized carbons (Fsp3) is 0.417. The smallest absolute Gasteiger partial charge is 0.339 e. The van der Waals surface area contributed by atoms with E-state index in [0.717, 1.165) is 18.8 Å². The number of anilines is 1. The molecule has 2 aromatic rings. The second-order valence-corrected chi connectivity index (χ2v) is 7.73. The summed E-state index contributed by atoms with van der Waals surface area (Å²) >= 11 is 0. The normalized spacial score (nSPS) is 14.9. The highest BCUT2D eigenvalue weighted by Gasteiger charge is 2.28. The minimum atomic E-state index is -0.867. The van der Waals surface area contributed by atoms with Crippen LogP contribution in [0.2, 0.25) is 0 Å². The van der Waals surface area contributed by atoms with E-state index in [1.807, 2.05) is 32.0 Å². The van der Waals surface area contributed by atoms with Gasteiger partial charge in [0.2, 0.25) is 0 Å². The highest BCUT2D eigenvalue weighted by Crippen LogP contribution is 2.29. The van der Waals surface area contributed by atoms with Crippen molar-refractivity contribution in [1.82, 2.24) is 4.90 Å². The van der Waals surface area contributed by atoms with E-state index in [4.69, 9.17) is 14.2 Å². The third-order valence-corrected chi connectivity index (χ3v) is 5.11. The Hall–Kier alpha value is -3.22.